The molecule has 4 nitrogen and oxygen atoms in total. The highest BCUT2D eigenvalue weighted by atomic mass is 16.5. The van der Waals surface area contributed by atoms with Crippen molar-refractivity contribution < 1.29 is 4.74 Å². The third kappa shape index (κ3) is 1.81. The summed E-state index contributed by atoms with van der Waals surface area (Å²) in [4.78, 5) is 0. The third-order valence-electron chi connectivity index (χ3n) is 2.70. The van der Waals surface area contributed by atoms with Crippen molar-refractivity contribution in [2.24, 2.45) is 0 Å². The first-order chi connectivity index (χ1) is 6.81. The smallest absolute Gasteiger partial charge is 0.0985 e. The Morgan fingerprint density at radius 1 is 1.71 bits per heavy atom. The van der Waals surface area contributed by atoms with E-state index < -0.39 is 0 Å². The average molecular weight is 195 g/mol. The molecular weight excluding hydrogens is 178 g/mol. The normalized spacial score (nSPS) is 19.3. The fourth-order valence-electron chi connectivity index (χ4n) is 1.61. The van der Waals surface area contributed by atoms with E-state index in [2.05, 4.69) is 23.5 Å². The lowest BCUT2D eigenvalue weighted by atomic mass is 10.1. The number of hydrogen-bond donors (Lipinski definition) is 1. The minimum atomic E-state index is 0.463. The molecule has 0 spiro atoms. The number of nitrogens with one attached hydrogen (secondary N) is 1. The van der Waals surface area contributed by atoms with Crippen LogP contribution < -0.4 is 5.32 Å². The van der Waals surface area contributed by atoms with E-state index in [1.54, 1.807) is 0 Å². The van der Waals surface area contributed by atoms with Crippen LogP contribution in [0.15, 0.2) is 12.4 Å². The Morgan fingerprint density at radius 2 is 2.50 bits per heavy atom. The molecular formula is C10H17N3O. The molecule has 1 fully saturated rings. The first kappa shape index (κ1) is 9.68. The number of nitrogens with zero attached hydrogens (tertiary/aromatic N) is 2. The molecule has 1 aromatic heterocycles. The van der Waals surface area contributed by atoms with Gasteiger partial charge in [-0.05, 0) is 18.5 Å². The molecule has 1 aliphatic heterocycles. The second-order valence-corrected chi connectivity index (χ2v) is 3.90. The van der Waals surface area contributed by atoms with Gasteiger partial charge in [-0.1, -0.05) is 6.92 Å². The molecule has 1 saturated heterocycles. The Kier molecular flexibility index (Phi) is 2.84. The molecule has 4 heteroatoms. The lowest BCUT2D eigenvalue weighted by molar-refractivity contribution is -0.0286. The van der Waals surface area contributed by atoms with Gasteiger partial charge in [-0.25, -0.2) is 0 Å². The van der Waals surface area contributed by atoms with Crippen molar-refractivity contribution >= 4 is 0 Å². The van der Waals surface area contributed by atoms with Crippen LogP contribution in [0.5, 0.6) is 0 Å². The van der Waals surface area contributed by atoms with E-state index in [0.29, 0.717) is 12.0 Å². The van der Waals surface area contributed by atoms with E-state index in [0.717, 1.165) is 19.8 Å². The third-order valence-corrected chi connectivity index (χ3v) is 2.70. The minimum Gasteiger partial charge on any atom is -0.377 e. The molecule has 0 aromatic carbocycles. The van der Waals surface area contributed by atoms with Gasteiger partial charge in [-0.15, -0.1) is 0 Å². The lowest BCUT2D eigenvalue weighted by Crippen LogP contribution is -2.30. The minimum absolute atomic E-state index is 0.463. The van der Waals surface area contributed by atoms with Gasteiger partial charge in [0.1, 0.15) is 0 Å². The zero-order valence-corrected chi connectivity index (χ0v) is 8.73. The SMILES string of the molecule is CNCC(C)c1cnn(C2COC2)c1. The quantitative estimate of drug-likeness (QED) is 0.771. The van der Waals surface area contributed by atoms with E-state index in [1.807, 2.05) is 17.9 Å². The van der Waals surface area contributed by atoms with Gasteiger partial charge >= 0.3 is 0 Å². The molecule has 1 aromatic rings. The second kappa shape index (κ2) is 4.11. The molecule has 0 saturated carbocycles. The monoisotopic (exact) mass is 195 g/mol. The van der Waals surface area contributed by atoms with Crippen LogP contribution in [0.3, 0.4) is 0 Å². The van der Waals surface area contributed by atoms with Gasteiger partial charge in [0.25, 0.3) is 0 Å². The van der Waals surface area contributed by atoms with Gasteiger partial charge in [0.05, 0.1) is 25.5 Å². The molecule has 0 amide bonds. The van der Waals surface area contributed by atoms with Crippen molar-refractivity contribution in [3.8, 4) is 0 Å². The lowest BCUT2D eigenvalue weighted by Gasteiger charge is -2.26. The van der Waals surface area contributed by atoms with Crippen molar-refractivity contribution in [2.45, 2.75) is 18.9 Å². The number of aromatic nitrogens is 2. The predicted octanol–water partition coefficient (Wildman–Crippen LogP) is 0.777. The summed E-state index contributed by atoms with van der Waals surface area (Å²) < 4.78 is 7.15. The van der Waals surface area contributed by atoms with Crippen LogP contribution >= 0.6 is 0 Å². The summed E-state index contributed by atoms with van der Waals surface area (Å²) in [6.45, 7) is 4.81. The molecule has 0 bridgehead atoms. The van der Waals surface area contributed by atoms with Gasteiger partial charge in [-0.2, -0.15) is 5.10 Å². The van der Waals surface area contributed by atoms with Crippen LogP contribution in [0.4, 0.5) is 0 Å². The molecule has 1 unspecified atom stereocenters. The molecule has 0 radical (unpaired) electrons. The Morgan fingerprint density at radius 3 is 3.07 bits per heavy atom. The summed E-state index contributed by atoms with van der Waals surface area (Å²) in [6, 6.07) is 0.463. The maximum absolute atomic E-state index is 5.13. The van der Waals surface area contributed by atoms with Crippen LogP contribution in [-0.4, -0.2) is 36.6 Å². The maximum Gasteiger partial charge on any atom is 0.0985 e. The van der Waals surface area contributed by atoms with Crippen molar-refractivity contribution in [1.82, 2.24) is 15.1 Å². The van der Waals surface area contributed by atoms with E-state index >= 15 is 0 Å². The number of likely N-dealkylation sites (N-methyl/N-ethyl adjacent to an activating group) is 1. The van der Waals surface area contributed by atoms with E-state index in [1.165, 1.54) is 5.56 Å². The first-order valence-corrected chi connectivity index (χ1v) is 5.07. The fourth-order valence-corrected chi connectivity index (χ4v) is 1.61. The van der Waals surface area contributed by atoms with Gasteiger partial charge in [0.15, 0.2) is 0 Å². The molecule has 78 valence electrons. The molecule has 1 N–H and O–H groups in total. The largest absolute Gasteiger partial charge is 0.377 e. The predicted molar refractivity (Wildman–Crippen MR) is 54.4 cm³/mol. The summed E-state index contributed by atoms with van der Waals surface area (Å²) in [7, 11) is 1.97. The Hall–Kier alpha value is -0.870. The van der Waals surface area contributed by atoms with Crippen LogP contribution in [0, 0.1) is 0 Å². The first-order valence-electron chi connectivity index (χ1n) is 5.07. The second-order valence-electron chi connectivity index (χ2n) is 3.90. The summed E-state index contributed by atoms with van der Waals surface area (Å²) >= 11 is 0. The highest BCUT2D eigenvalue weighted by Gasteiger charge is 2.21. The van der Waals surface area contributed by atoms with Crippen LogP contribution in [0.25, 0.3) is 0 Å². The van der Waals surface area contributed by atoms with Gasteiger partial charge in [0.2, 0.25) is 0 Å². The molecule has 1 aliphatic rings. The standard InChI is InChI=1S/C10H17N3O/c1-8(3-11-2)9-4-12-13(5-9)10-6-14-7-10/h4-5,8,10-11H,3,6-7H2,1-2H3. The van der Waals surface area contributed by atoms with Crippen molar-refractivity contribution in [1.29, 1.82) is 0 Å². The zero-order valence-electron chi connectivity index (χ0n) is 8.73. The van der Waals surface area contributed by atoms with Crippen LogP contribution in [0.1, 0.15) is 24.4 Å². The maximum atomic E-state index is 5.13. The summed E-state index contributed by atoms with van der Waals surface area (Å²) in [5.74, 6) is 0.523. The number of ether oxygens (including phenoxy) is 1. The van der Waals surface area contributed by atoms with Crippen molar-refractivity contribution in [3.05, 3.63) is 18.0 Å². The van der Waals surface area contributed by atoms with Gasteiger partial charge in [-0.3, -0.25) is 4.68 Å². The number of hydrogen-bond acceptors (Lipinski definition) is 3. The van der Waals surface area contributed by atoms with Crippen LogP contribution in [-0.2, 0) is 4.74 Å². The summed E-state index contributed by atoms with van der Waals surface area (Å²) in [5.41, 5.74) is 1.30. The van der Waals surface area contributed by atoms with E-state index in [9.17, 15) is 0 Å². The average Bonchev–Trinajstić information content (AvgIpc) is 2.50. The zero-order chi connectivity index (χ0) is 9.97. The Balaban J connectivity index is 2.01. The number of rotatable bonds is 4. The highest BCUT2D eigenvalue weighted by molar-refractivity contribution is 5.11. The summed E-state index contributed by atoms with van der Waals surface area (Å²) in [5, 5.41) is 7.52. The molecule has 2 rings (SSSR count). The van der Waals surface area contributed by atoms with E-state index in [4.69, 9.17) is 4.74 Å². The molecule has 1 atom stereocenters. The van der Waals surface area contributed by atoms with Gasteiger partial charge in [0, 0.05) is 12.7 Å². The molecule has 14 heavy (non-hydrogen) atoms. The van der Waals surface area contributed by atoms with Crippen LogP contribution in [0.2, 0.25) is 0 Å². The fraction of sp³-hybridized carbons (Fsp3) is 0.700. The molecule has 0 aliphatic carbocycles. The van der Waals surface area contributed by atoms with Gasteiger partial charge < -0.3 is 10.1 Å². The molecule has 2 heterocycles. The summed E-state index contributed by atoms with van der Waals surface area (Å²) in [6.07, 6.45) is 4.09. The van der Waals surface area contributed by atoms with Crippen molar-refractivity contribution in [3.63, 3.8) is 0 Å². The Bertz CT molecular complexity index is 293. The topological polar surface area (TPSA) is 39.1 Å². The van der Waals surface area contributed by atoms with Crippen molar-refractivity contribution in [2.75, 3.05) is 26.8 Å². The highest BCUT2D eigenvalue weighted by Crippen LogP contribution is 2.19. The Labute approximate surface area is 84.3 Å². The van der Waals surface area contributed by atoms with E-state index in [-0.39, 0.29) is 0 Å².